The molecule has 2 N–H and O–H groups in total. The number of carbonyl (C=O) groups is 1. The van der Waals surface area contributed by atoms with Gasteiger partial charge >= 0.3 is 6.18 Å². The minimum absolute atomic E-state index is 0.0570. The zero-order valence-corrected chi connectivity index (χ0v) is 11.1. The number of hydrogen-bond donors (Lipinski definition) is 2. The molecular formula is C12H16F3N3O2. The van der Waals surface area contributed by atoms with E-state index in [9.17, 15) is 18.0 Å². The number of nitrogens with zero attached hydrogens (tertiary/aromatic N) is 1. The molecule has 0 atom stereocenters. The van der Waals surface area contributed by atoms with Gasteiger partial charge in [-0.2, -0.15) is 13.2 Å². The standard InChI is InChI=1S/C12H16F3N3O2/c1-6(2)20-8-3-7(4-8)18-11(19)9-10(12(13,14)15)17-5-16-9/h5-8H,3-4H2,1-2H3,(H,16,17)(H,18,19). The maximum Gasteiger partial charge on any atom is 0.433 e. The van der Waals surface area contributed by atoms with E-state index in [1.807, 2.05) is 18.8 Å². The monoisotopic (exact) mass is 291 g/mol. The van der Waals surface area contributed by atoms with E-state index in [4.69, 9.17) is 4.74 Å². The lowest BCUT2D eigenvalue weighted by atomic mass is 9.89. The highest BCUT2D eigenvalue weighted by molar-refractivity contribution is 5.93. The van der Waals surface area contributed by atoms with Crippen molar-refractivity contribution < 1.29 is 22.7 Å². The number of H-pyrrole nitrogens is 1. The predicted molar refractivity (Wildman–Crippen MR) is 64.1 cm³/mol. The number of nitrogens with one attached hydrogen (secondary N) is 2. The van der Waals surface area contributed by atoms with E-state index in [1.54, 1.807) is 0 Å². The van der Waals surface area contributed by atoms with Gasteiger partial charge in [-0.15, -0.1) is 0 Å². The van der Waals surface area contributed by atoms with Crippen molar-refractivity contribution >= 4 is 5.91 Å². The third kappa shape index (κ3) is 3.30. The Morgan fingerprint density at radius 3 is 2.70 bits per heavy atom. The SMILES string of the molecule is CC(C)OC1CC(NC(=O)c2nc[nH]c2C(F)(F)F)C1. The van der Waals surface area contributed by atoms with Crippen LogP contribution >= 0.6 is 0 Å². The molecule has 2 rings (SSSR count). The molecule has 5 nitrogen and oxygen atoms in total. The Bertz CT molecular complexity index is 479. The summed E-state index contributed by atoms with van der Waals surface area (Å²) in [6.45, 7) is 3.82. The molecule has 1 aliphatic carbocycles. The molecule has 0 unspecified atom stereocenters. The number of amides is 1. The third-order valence-electron chi connectivity index (χ3n) is 3.03. The number of imidazole rings is 1. The zero-order chi connectivity index (χ0) is 14.9. The highest BCUT2D eigenvalue weighted by Crippen LogP contribution is 2.30. The second kappa shape index (κ2) is 5.43. The van der Waals surface area contributed by atoms with Crippen LogP contribution in [0.25, 0.3) is 0 Å². The van der Waals surface area contributed by atoms with E-state index in [-0.39, 0.29) is 18.2 Å². The van der Waals surface area contributed by atoms with Gasteiger partial charge in [0.25, 0.3) is 5.91 Å². The van der Waals surface area contributed by atoms with Gasteiger partial charge in [0.1, 0.15) is 0 Å². The average Bonchev–Trinajstić information content (AvgIpc) is 2.73. The van der Waals surface area contributed by atoms with Crippen LogP contribution in [-0.4, -0.2) is 34.1 Å². The number of halogens is 3. The van der Waals surface area contributed by atoms with Crippen LogP contribution < -0.4 is 5.32 Å². The van der Waals surface area contributed by atoms with E-state index < -0.39 is 23.5 Å². The second-order valence-corrected chi connectivity index (χ2v) is 5.07. The van der Waals surface area contributed by atoms with Crippen molar-refractivity contribution in [2.24, 2.45) is 0 Å². The first-order valence-corrected chi connectivity index (χ1v) is 6.34. The number of ether oxygens (including phenoxy) is 1. The van der Waals surface area contributed by atoms with Crippen molar-refractivity contribution in [2.45, 2.75) is 51.1 Å². The van der Waals surface area contributed by atoms with Gasteiger partial charge in [-0.05, 0) is 26.7 Å². The van der Waals surface area contributed by atoms with Crippen molar-refractivity contribution in [2.75, 3.05) is 0 Å². The molecule has 1 aromatic heterocycles. The van der Waals surface area contributed by atoms with Crippen molar-refractivity contribution in [3.63, 3.8) is 0 Å². The fraction of sp³-hybridized carbons (Fsp3) is 0.667. The van der Waals surface area contributed by atoms with Crippen molar-refractivity contribution in [1.82, 2.24) is 15.3 Å². The Hall–Kier alpha value is -1.57. The first-order chi connectivity index (χ1) is 9.27. The lowest BCUT2D eigenvalue weighted by Crippen LogP contribution is -2.48. The van der Waals surface area contributed by atoms with Crippen LogP contribution in [-0.2, 0) is 10.9 Å². The van der Waals surface area contributed by atoms with E-state index in [1.165, 1.54) is 0 Å². The minimum Gasteiger partial charge on any atom is -0.375 e. The topological polar surface area (TPSA) is 67.0 Å². The van der Waals surface area contributed by atoms with Crippen molar-refractivity contribution in [3.8, 4) is 0 Å². The largest absolute Gasteiger partial charge is 0.433 e. The van der Waals surface area contributed by atoms with Crippen LogP contribution in [0.2, 0.25) is 0 Å². The molecule has 0 aromatic carbocycles. The van der Waals surface area contributed by atoms with Crippen LogP contribution in [0.15, 0.2) is 6.33 Å². The van der Waals surface area contributed by atoms with Gasteiger partial charge in [-0.1, -0.05) is 0 Å². The minimum atomic E-state index is -4.62. The summed E-state index contributed by atoms with van der Waals surface area (Å²) >= 11 is 0. The van der Waals surface area contributed by atoms with E-state index in [2.05, 4.69) is 10.3 Å². The predicted octanol–water partition coefficient (Wildman–Crippen LogP) is 2.11. The second-order valence-electron chi connectivity index (χ2n) is 5.07. The Morgan fingerprint density at radius 2 is 2.15 bits per heavy atom. The molecule has 0 bridgehead atoms. The van der Waals surface area contributed by atoms with E-state index in [0.29, 0.717) is 12.8 Å². The van der Waals surface area contributed by atoms with Gasteiger partial charge in [-0.25, -0.2) is 4.98 Å². The Labute approximate surface area is 113 Å². The maximum atomic E-state index is 12.6. The van der Waals surface area contributed by atoms with Crippen molar-refractivity contribution in [3.05, 3.63) is 17.7 Å². The lowest BCUT2D eigenvalue weighted by Gasteiger charge is -2.36. The van der Waals surface area contributed by atoms with Gasteiger partial charge in [0.15, 0.2) is 11.4 Å². The first kappa shape index (κ1) is 14.8. The summed E-state index contributed by atoms with van der Waals surface area (Å²) in [7, 11) is 0. The van der Waals surface area contributed by atoms with Gasteiger partial charge < -0.3 is 15.0 Å². The van der Waals surface area contributed by atoms with Gasteiger partial charge in [0.05, 0.1) is 18.5 Å². The highest BCUT2D eigenvalue weighted by atomic mass is 19.4. The Kier molecular flexibility index (Phi) is 4.03. The lowest BCUT2D eigenvalue weighted by molar-refractivity contribution is -0.141. The molecule has 0 saturated heterocycles. The number of hydrogen-bond acceptors (Lipinski definition) is 3. The number of carbonyl (C=O) groups excluding carboxylic acids is 1. The average molecular weight is 291 g/mol. The number of rotatable bonds is 4. The van der Waals surface area contributed by atoms with E-state index >= 15 is 0 Å². The number of aromatic amines is 1. The Balaban J connectivity index is 1.90. The van der Waals surface area contributed by atoms with E-state index in [0.717, 1.165) is 6.33 Å². The molecule has 1 saturated carbocycles. The third-order valence-corrected chi connectivity index (χ3v) is 3.03. The molecule has 112 valence electrons. The smallest absolute Gasteiger partial charge is 0.375 e. The maximum absolute atomic E-state index is 12.6. The van der Waals surface area contributed by atoms with Crippen LogP contribution in [0.1, 0.15) is 42.9 Å². The van der Waals surface area contributed by atoms with Gasteiger partial charge in [-0.3, -0.25) is 4.79 Å². The summed E-state index contributed by atoms with van der Waals surface area (Å²) in [4.78, 5) is 17.2. The van der Waals surface area contributed by atoms with Gasteiger partial charge in [0, 0.05) is 6.04 Å². The summed E-state index contributed by atoms with van der Waals surface area (Å²) in [6, 6.07) is -0.163. The molecule has 0 radical (unpaired) electrons. The van der Waals surface area contributed by atoms with Crippen LogP contribution in [0.3, 0.4) is 0 Å². The molecule has 1 fully saturated rings. The zero-order valence-electron chi connectivity index (χ0n) is 11.1. The summed E-state index contributed by atoms with van der Waals surface area (Å²) in [5.74, 6) is -0.813. The molecule has 20 heavy (non-hydrogen) atoms. The molecular weight excluding hydrogens is 275 g/mol. The quantitative estimate of drug-likeness (QED) is 0.893. The van der Waals surface area contributed by atoms with Crippen LogP contribution in [0.4, 0.5) is 13.2 Å². The van der Waals surface area contributed by atoms with Crippen molar-refractivity contribution in [1.29, 1.82) is 0 Å². The van der Waals surface area contributed by atoms with Crippen LogP contribution in [0, 0.1) is 0 Å². The molecule has 1 heterocycles. The number of alkyl halides is 3. The molecule has 1 aromatic rings. The fourth-order valence-corrected chi connectivity index (χ4v) is 2.12. The molecule has 0 spiro atoms. The molecule has 8 heteroatoms. The number of aromatic nitrogens is 2. The summed E-state index contributed by atoms with van der Waals surface area (Å²) in [5, 5.41) is 2.53. The fourth-order valence-electron chi connectivity index (χ4n) is 2.12. The highest BCUT2D eigenvalue weighted by Gasteiger charge is 2.39. The summed E-state index contributed by atoms with van der Waals surface area (Å²) < 4.78 is 43.3. The van der Waals surface area contributed by atoms with Gasteiger partial charge in [0.2, 0.25) is 0 Å². The molecule has 1 aliphatic rings. The summed E-state index contributed by atoms with van der Waals surface area (Å²) in [5.41, 5.74) is -1.74. The summed E-state index contributed by atoms with van der Waals surface area (Å²) in [6.07, 6.45) is -2.39. The first-order valence-electron chi connectivity index (χ1n) is 6.34. The molecule has 1 amide bonds. The van der Waals surface area contributed by atoms with Crippen LogP contribution in [0.5, 0.6) is 0 Å². The normalized spacial score (nSPS) is 22.7. The Morgan fingerprint density at radius 1 is 1.50 bits per heavy atom. The molecule has 0 aliphatic heterocycles.